The predicted molar refractivity (Wildman–Crippen MR) is 148 cm³/mol. The van der Waals surface area contributed by atoms with E-state index in [-0.39, 0.29) is 0 Å². The second-order valence-electron chi connectivity index (χ2n) is 8.41. The molecule has 176 valence electrons. The van der Waals surface area contributed by atoms with E-state index in [1.54, 1.807) is 0 Å². The lowest BCUT2D eigenvalue weighted by Gasteiger charge is -2.09. The molecule has 8 N–H and O–H groups in total. The lowest BCUT2D eigenvalue weighted by Crippen LogP contribution is -1.91. The van der Waals surface area contributed by atoms with Crippen LogP contribution in [0.4, 0.5) is 22.7 Å². The van der Waals surface area contributed by atoms with Gasteiger partial charge < -0.3 is 22.9 Å². The third-order valence-corrected chi connectivity index (χ3v) is 5.32. The molecule has 34 heavy (non-hydrogen) atoms. The van der Waals surface area contributed by atoms with E-state index in [2.05, 4.69) is 38.5 Å². The van der Waals surface area contributed by atoms with E-state index in [9.17, 15) is 0 Å². The van der Waals surface area contributed by atoms with Crippen molar-refractivity contribution < 1.29 is 4.21 Å². The van der Waals surface area contributed by atoms with Gasteiger partial charge in [-0.05, 0) is 121 Å². The summed E-state index contributed by atoms with van der Waals surface area (Å²) in [5.74, 6) is 0. The molecular formula is C28H32N4OS. The van der Waals surface area contributed by atoms with Gasteiger partial charge in [0.25, 0.3) is 0 Å². The van der Waals surface area contributed by atoms with Crippen LogP contribution in [0.1, 0.15) is 22.3 Å². The Morgan fingerprint density at radius 1 is 0.471 bits per heavy atom. The molecule has 0 aromatic heterocycles. The molecule has 0 saturated carbocycles. The van der Waals surface area contributed by atoms with Gasteiger partial charge in [-0.3, -0.25) is 0 Å². The molecular weight excluding hydrogens is 440 g/mol. The second-order valence-corrected chi connectivity index (χ2v) is 8.41. The molecule has 6 heteroatoms. The predicted octanol–water partition coefficient (Wildman–Crippen LogP) is 5.93. The van der Waals surface area contributed by atoms with Crippen molar-refractivity contribution in [3.63, 3.8) is 0 Å². The number of benzene rings is 4. The van der Waals surface area contributed by atoms with E-state index >= 15 is 0 Å². The molecule has 0 radical (unpaired) electrons. The van der Waals surface area contributed by atoms with Crippen LogP contribution in [-0.4, -0.2) is 4.21 Å². The highest BCUT2D eigenvalue weighted by Crippen LogP contribution is 2.28. The summed E-state index contributed by atoms with van der Waals surface area (Å²) in [5, 5.41) is 0. The molecule has 0 aliphatic heterocycles. The standard InChI is InChI=1S/2C14H16N2.OS/c2*1-9-5-11(8-13(16)6-9)14-4-3-12(15)7-10(14)2;1-2/h2*3-8H,15-16H2,1-2H3;. The monoisotopic (exact) mass is 472 g/mol. The minimum absolute atomic E-state index is 0.793. The fourth-order valence-electron chi connectivity index (χ4n) is 3.96. The van der Waals surface area contributed by atoms with Crippen LogP contribution >= 0.6 is 0 Å². The van der Waals surface area contributed by atoms with Gasteiger partial charge in [0, 0.05) is 22.7 Å². The average molecular weight is 473 g/mol. The maximum atomic E-state index is 7.83. The van der Waals surface area contributed by atoms with Gasteiger partial charge in [-0.15, -0.1) is 0 Å². The summed E-state index contributed by atoms with van der Waals surface area (Å²) < 4.78 is 7.83. The molecule has 0 spiro atoms. The number of nitrogens with two attached hydrogens (primary N) is 4. The van der Waals surface area contributed by atoms with Gasteiger partial charge in [-0.25, -0.2) is 0 Å². The average Bonchev–Trinajstić information content (AvgIpc) is 2.74. The zero-order valence-corrected chi connectivity index (χ0v) is 20.9. The highest BCUT2D eigenvalue weighted by Gasteiger charge is 2.04. The van der Waals surface area contributed by atoms with Gasteiger partial charge in [0.15, 0.2) is 12.5 Å². The molecule has 0 heterocycles. The first-order valence-corrected chi connectivity index (χ1v) is 11.1. The molecule has 0 atom stereocenters. The van der Waals surface area contributed by atoms with E-state index in [1.807, 2.05) is 74.5 Å². The van der Waals surface area contributed by atoms with Gasteiger partial charge in [0.2, 0.25) is 0 Å². The van der Waals surface area contributed by atoms with E-state index in [4.69, 9.17) is 27.1 Å². The highest BCUT2D eigenvalue weighted by molar-refractivity contribution is 7.44. The Morgan fingerprint density at radius 2 is 0.824 bits per heavy atom. The Bertz CT molecular complexity index is 1150. The number of aryl methyl sites for hydroxylation is 4. The normalized spacial score (nSPS) is 9.88. The largest absolute Gasteiger partial charge is 0.399 e. The van der Waals surface area contributed by atoms with Crippen LogP contribution in [0.3, 0.4) is 0 Å². The van der Waals surface area contributed by atoms with Crippen molar-refractivity contribution in [1.29, 1.82) is 0 Å². The maximum absolute atomic E-state index is 7.83. The summed E-state index contributed by atoms with van der Waals surface area (Å²) in [6.45, 7) is 8.22. The van der Waals surface area contributed by atoms with Crippen molar-refractivity contribution in [2.24, 2.45) is 0 Å². The van der Waals surface area contributed by atoms with Gasteiger partial charge in [-0.1, -0.05) is 24.3 Å². The van der Waals surface area contributed by atoms with E-state index < -0.39 is 0 Å². The summed E-state index contributed by atoms with van der Waals surface area (Å²) in [4.78, 5) is 0. The quantitative estimate of drug-likeness (QED) is 0.268. The number of hydrogen-bond acceptors (Lipinski definition) is 6. The lowest BCUT2D eigenvalue weighted by atomic mass is 9.98. The SMILES string of the molecule is Cc1cc(N)cc(-c2ccc(N)cc2C)c1.Cc1cc(N)cc(-c2ccc(N)cc2C)c1.O=S. The molecule has 5 nitrogen and oxygen atoms in total. The summed E-state index contributed by atoms with van der Waals surface area (Å²) in [6.07, 6.45) is 0. The molecule has 0 fully saturated rings. The van der Waals surface area contributed by atoms with Crippen LogP contribution in [0, 0.1) is 27.7 Å². The molecule has 0 aliphatic rings. The first-order chi connectivity index (χ1) is 16.1. The molecule has 0 bridgehead atoms. The molecule has 0 amide bonds. The Labute approximate surface area is 207 Å². The van der Waals surface area contributed by atoms with Crippen molar-refractivity contribution >= 4 is 35.3 Å². The van der Waals surface area contributed by atoms with Crippen molar-refractivity contribution in [2.45, 2.75) is 27.7 Å². The summed E-state index contributed by atoms with van der Waals surface area (Å²) >= 11 is 2.83. The van der Waals surface area contributed by atoms with Crippen LogP contribution in [0.2, 0.25) is 0 Å². The molecule has 4 aromatic rings. The van der Waals surface area contributed by atoms with Crippen molar-refractivity contribution in [3.05, 3.63) is 95.1 Å². The summed E-state index contributed by atoms with van der Waals surface area (Å²) in [6, 6.07) is 24.1. The molecule has 4 rings (SSSR count). The van der Waals surface area contributed by atoms with Crippen LogP contribution in [0.15, 0.2) is 72.8 Å². The molecule has 4 aromatic carbocycles. The Kier molecular flexibility index (Phi) is 9.16. The number of hydrogen-bond donors (Lipinski definition) is 4. The number of nitrogen functional groups attached to an aromatic ring is 4. The Hall–Kier alpha value is -3.90. The van der Waals surface area contributed by atoms with Crippen LogP contribution in [0.25, 0.3) is 22.3 Å². The van der Waals surface area contributed by atoms with E-state index in [1.165, 1.54) is 33.4 Å². The molecule has 0 saturated heterocycles. The highest BCUT2D eigenvalue weighted by atomic mass is 32.1. The fourth-order valence-corrected chi connectivity index (χ4v) is 3.96. The van der Waals surface area contributed by atoms with Gasteiger partial charge in [0.1, 0.15) is 0 Å². The Morgan fingerprint density at radius 3 is 1.12 bits per heavy atom. The number of rotatable bonds is 2. The maximum Gasteiger partial charge on any atom is 0.197 e. The third-order valence-electron chi connectivity index (χ3n) is 5.32. The molecule has 0 aliphatic carbocycles. The lowest BCUT2D eigenvalue weighted by molar-refractivity contribution is 0.702. The second kappa shape index (κ2) is 11.8. The minimum atomic E-state index is 0.793. The number of anilines is 4. The van der Waals surface area contributed by atoms with Crippen LogP contribution < -0.4 is 22.9 Å². The van der Waals surface area contributed by atoms with E-state index in [0.717, 1.165) is 33.9 Å². The first kappa shape index (κ1) is 26.4. The Balaban J connectivity index is 0.000000224. The van der Waals surface area contributed by atoms with Crippen molar-refractivity contribution in [1.82, 2.24) is 0 Å². The third kappa shape index (κ3) is 7.05. The minimum Gasteiger partial charge on any atom is -0.399 e. The van der Waals surface area contributed by atoms with Crippen LogP contribution in [0.5, 0.6) is 0 Å². The first-order valence-electron chi connectivity index (χ1n) is 10.8. The zero-order chi connectivity index (χ0) is 25.4. The smallest absolute Gasteiger partial charge is 0.197 e. The van der Waals surface area contributed by atoms with Crippen molar-refractivity contribution in [3.8, 4) is 22.3 Å². The molecule has 0 unspecified atom stereocenters. The van der Waals surface area contributed by atoms with Crippen LogP contribution in [-0.2, 0) is 12.5 Å². The fraction of sp³-hybridized carbons (Fsp3) is 0.143. The van der Waals surface area contributed by atoms with Gasteiger partial charge in [0.05, 0.1) is 0 Å². The topological polar surface area (TPSA) is 121 Å². The van der Waals surface area contributed by atoms with Crippen molar-refractivity contribution in [2.75, 3.05) is 22.9 Å². The summed E-state index contributed by atoms with van der Waals surface area (Å²) in [7, 11) is 0. The zero-order valence-electron chi connectivity index (χ0n) is 20.1. The van der Waals surface area contributed by atoms with Gasteiger partial charge >= 0.3 is 0 Å². The van der Waals surface area contributed by atoms with E-state index in [0.29, 0.717) is 0 Å². The van der Waals surface area contributed by atoms with Gasteiger partial charge in [-0.2, -0.15) is 4.21 Å². The summed E-state index contributed by atoms with van der Waals surface area (Å²) in [5.41, 5.74) is 35.7.